The van der Waals surface area contributed by atoms with Crippen molar-refractivity contribution in [2.24, 2.45) is 5.73 Å². The van der Waals surface area contributed by atoms with Crippen LogP contribution in [0, 0.1) is 6.92 Å². The van der Waals surface area contributed by atoms with Gasteiger partial charge in [0, 0.05) is 18.0 Å². The van der Waals surface area contributed by atoms with Gasteiger partial charge in [-0.2, -0.15) is 0 Å². The first-order valence-corrected chi connectivity index (χ1v) is 5.86. The van der Waals surface area contributed by atoms with Gasteiger partial charge in [0.25, 0.3) is 0 Å². The predicted octanol–water partition coefficient (Wildman–Crippen LogP) is 1.84. The predicted molar refractivity (Wildman–Crippen MR) is 71.1 cm³/mol. The maximum Gasteiger partial charge on any atom is 0.119 e. The van der Waals surface area contributed by atoms with Crippen LogP contribution in [0.15, 0.2) is 36.7 Å². The van der Waals surface area contributed by atoms with Gasteiger partial charge in [-0.05, 0) is 30.7 Å². The minimum absolute atomic E-state index is 0.289. The Morgan fingerprint density at radius 2 is 1.94 bits per heavy atom. The molecular formula is C14H14N4. The fourth-order valence-electron chi connectivity index (χ4n) is 2.15. The van der Waals surface area contributed by atoms with Crippen molar-refractivity contribution in [1.82, 2.24) is 15.3 Å². The zero-order valence-electron chi connectivity index (χ0n) is 10.1. The highest BCUT2D eigenvalue weighted by atomic mass is 15.1. The van der Waals surface area contributed by atoms with Gasteiger partial charge in [-0.1, -0.05) is 12.1 Å². The summed E-state index contributed by atoms with van der Waals surface area (Å²) < 4.78 is 0. The van der Waals surface area contributed by atoms with Crippen LogP contribution in [0.4, 0.5) is 0 Å². The smallest absolute Gasteiger partial charge is 0.119 e. The number of aromatic nitrogens is 2. The van der Waals surface area contributed by atoms with E-state index in [4.69, 9.17) is 5.73 Å². The Labute approximate surface area is 106 Å². The largest absolute Gasteiger partial charge is 0.363 e. The van der Waals surface area contributed by atoms with Crippen LogP contribution in [0.2, 0.25) is 0 Å². The summed E-state index contributed by atoms with van der Waals surface area (Å²) in [7, 11) is 0. The van der Waals surface area contributed by atoms with Crippen LogP contribution < -0.4 is 11.1 Å². The first-order valence-electron chi connectivity index (χ1n) is 5.86. The number of nitrogens with one attached hydrogen (secondary N) is 1. The Kier molecular flexibility index (Phi) is 2.57. The molecule has 4 heteroatoms. The maximum atomic E-state index is 6.08. The van der Waals surface area contributed by atoms with E-state index < -0.39 is 0 Å². The summed E-state index contributed by atoms with van der Waals surface area (Å²) in [6, 6.07) is 7.89. The van der Waals surface area contributed by atoms with E-state index in [9.17, 15) is 0 Å². The van der Waals surface area contributed by atoms with Gasteiger partial charge in [-0.3, -0.25) is 9.97 Å². The summed E-state index contributed by atoms with van der Waals surface area (Å²) in [5.74, 6) is 0. The van der Waals surface area contributed by atoms with Crippen molar-refractivity contribution in [2.75, 3.05) is 0 Å². The molecule has 1 aliphatic rings. The molecule has 3 heterocycles. The Hall–Kier alpha value is -2.20. The minimum Gasteiger partial charge on any atom is -0.363 e. The van der Waals surface area contributed by atoms with Gasteiger partial charge in [-0.25, -0.2) is 0 Å². The van der Waals surface area contributed by atoms with Crippen molar-refractivity contribution in [3.05, 3.63) is 59.2 Å². The van der Waals surface area contributed by atoms with E-state index in [2.05, 4.69) is 15.3 Å². The lowest BCUT2D eigenvalue weighted by Gasteiger charge is -2.24. The molecule has 2 aromatic heterocycles. The Bertz CT molecular complexity index is 619. The zero-order valence-corrected chi connectivity index (χ0v) is 10.1. The van der Waals surface area contributed by atoms with Gasteiger partial charge in [0.2, 0.25) is 0 Å². The molecule has 2 aromatic rings. The summed E-state index contributed by atoms with van der Waals surface area (Å²) in [4.78, 5) is 8.70. The molecule has 0 saturated carbocycles. The highest BCUT2D eigenvalue weighted by Crippen LogP contribution is 2.26. The van der Waals surface area contributed by atoms with Crippen LogP contribution >= 0.6 is 0 Å². The fourth-order valence-corrected chi connectivity index (χ4v) is 2.15. The molecule has 90 valence electrons. The molecule has 0 aromatic carbocycles. The van der Waals surface area contributed by atoms with Crippen molar-refractivity contribution >= 4 is 11.8 Å². The van der Waals surface area contributed by atoms with E-state index >= 15 is 0 Å². The lowest BCUT2D eigenvalue weighted by atomic mass is 10.0. The Morgan fingerprint density at radius 3 is 2.78 bits per heavy atom. The molecule has 0 bridgehead atoms. The number of nitrogens with zero attached hydrogens (tertiary/aromatic N) is 2. The number of pyridine rings is 2. The fraction of sp³-hybridized carbons (Fsp3) is 0.143. The van der Waals surface area contributed by atoms with Crippen LogP contribution in [0.5, 0.6) is 0 Å². The molecule has 0 saturated heterocycles. The molecule has 0 spiro atoms. The van der Waals surface area contributed by atoms with Gasteiger partial charge in [0.05, 0.1) is 17.1 Å². The van der Waals surface area contributed by atoms with Crippen LogP contribution in [-0.2, 0) is 0 Å². The third kappa shape index (κ3) is 1.76. The molecular weight excluding hydrogens is 224 g/mol. The van der Waals surface area contributed by atoms with Gasteiger partial charge >= 0.3 is 0 Å². The monoisotopic (exact) mass is 238 g/mol. The topological polar surface area (TPSA) is 63.8 Å². The van der Waals surface area contributed by atoms with Crippen molar-refractivity contribution in [1.29, 1.82) is 0 Å². The van der Waals surface area contributed by atoms with Crippen molar-refractivity contribution in [3.8, 4) is 0 Å². The number of hydrogen-bond acceptors (Lipinski definition) is 4. The molecule has 3 rings (SSSR count). The molecule has 0 fully saturated rings. The molecule has 1 aliphatic heterocycles. The second-order valence-corrected chi connectivity index (χ2v) is 4.33. The van der Waals surface area contributed by atoms with E-state index in [0.29, 0.717) is 0 Å². The van der Waals surface area contributed by atoms with Crippen molar-refractivity contribution in [2.45, 2.75) is 13.1 Å². The number of fused-ring (bicyclic) bond motifs is 1. The number of nitrogens with two attached hydrogens (primary N) is 1. The normalized spacial score (nSPS) is 17.7. The first-order chi connectivity index (χ1) is 8.75. The SMILES string of the molecule is Cc1cccnc1C1=Cc2cccnc2C(N)N1. The summed E-state index contributed by atoms with van der Waals surface area (Å²) in [5, 5.41) is 3.24. The summed E-state index contributed by atoms with van der Waals surface area (Å²) in [5.41, 5.74) is 11.0. The van der Waals surface area contributed by atoms with Gasteiger partial charge in [0.15, 0.2) is 0 Å². The van der Waals surface area contributed by atoms with Crippen LogP contribution in [0.1, 0.15) is 28.7 Å². The number of rotatable bonds is 1. The third-order valence-electron chi connectivity index (χ3n) is 3.04. The Balaban J connectivity index is 2.11. The standard InChI is InChI=1S/C14H14N4/c1-9-4-2-6-16-12(9)11-8-10-5-3-7-17-13(10)14(15)18-11/h2-8,14,18H,15H2,1H3. The minimum atomic E-state index is -0.289. The number of hydrogen-bond donors (Lipinski definition) is 2. The average molecular weight is 238 g/mol. The molecule has 3 N–H and O–H groups in total. The molecule has 0 radical (unpaired) electrons. The molecule has 0 aliphatic carbocycles. The van der Waals surface area contributed by atoms with E-state index in [1.54, 1.807) is 12.4 Å². The second-order valence-electron chi connectivity index (χ2n) is 4.33. The first kappa shape index (κ1) is 10.9. The molecule has 18 heavy (non-hydrogen) atoms. The van der Waals surface area contributed by atoms with E-state index in [1.165, 1.54) is 0 Å². The highest BCUT2D eigenvalue weighted by molar-refractivity contribution is 5.82. The quantitative estimate of drug-likeness (QED) is 0.795. The molecule has 1 atom stereocenters. The summed E-state index contributed by atoms with van der Waals surface area (Å²) in [6.45, 7) is 2.04. The highest BCUT2D eigenvalue weighted by Gasteiger charge is 2.20. The van der Waals surface area contributed by atoms with Crippen molar-refractivity contribution in [3.63, 3.8) is 0 Å². The average Bonchev–Trinajstić information content (AvgIpc) is 2.39. The van der Waals surface area contributed by atoms with E-state index in [0.717, 1.165) is 28.2 Å². The molecule has 1 unspecified atom stereocenters. The van der Waals surface area contributed by atoms with Crippen LogP contribution in [0.25, 0.3) is 11.8 Å². The molecule has 4 nitrogen and oxygen atoms in total. The van der Waals surface area contributed by atoms with Gasteiger partial charge in [0.1, 0.15) is 6.17 Å². The zero-order chi connectivity index (χ0) is 12.5. The third-order valence-corrected chi connectivity index (χ3v) is 3.04. The Morgan fingerprint density at radius 1 is 1.17 bits per heavy atom. The van der Waals surface area contributed by atoms with E-state index in [1.807, 2.05) is 37.3 Å². The summed E-state index contributed by atoms with van der Waals surface area (Å²) >= 11 is 0. The van der Waals surface area contributed by atoms with Crippen LogP contribution in [0.3, 0.4) is 0 Å². The lowest BCUT2D eigenvalue weighted by molar-refractivity contribution is 0.636. The van der Waals surface area contributed by atoms with Gasteiger partial charge in [-0.15, -0.1) is 0 Å². The van der Waals surface area contributed by atoms with Gasteiger partial charge < -0.3 is 11.1 Å². The summed E-state index contributed by atoms with van der Waals surface area (Å²) in [6.07, 6.45) is 5.30. The number of aryl methyl sites for hydroxylation is 1. The maximum absolute atomic E-state index is 6.08. The van der Waals surface area contributed by atoms with Crippen LogP contribution in [-0.4, -0.2) is 9.97 Å². The lowest BCUT2D eigenvalue weighted by Crippen LogP contribution is -2.32. The second kappa shape index (κ2) is 4.23. The van der Waals surface area contributed by atoms with E-state index in [-0.39, 0.29) is 6.17 Å². The molecule has 0 amide bonds. The van der Waals surface area contributed by atoms with Crippen molar-refractivity contribution < 1.29 is 0 Å².